The summed E-state index contributed by atoms with van der Waals surface area (Å²) in [7, 11) is 0. The first-order valence-corrected chi connectivity index (χ1v) is 8.56. The lowest BCUT2D eigenvalue weighted by atomic mass is 9.90. The molecule has 4 rings (SSSR count). The number of carboxylic acids is 1. The van der Waals surface area contributed by atoms with Crippen LogP contribution in [0, 0.1) is 11.3 Å². The zero-order valence-electron chi connectivity index (χ0n) is 13.7. The van der Waals surface area contributed by atoms with Gasteiger partial charge >= 0.3 is 5.97 Å². The Morgan fingerprint density at radius 3 is 2.68 bits per heavy atom. The van der Waals surface area contributed by atoms with Crippen molar-refractivity contribution in [1.29, 1.82) is 0 Å². The van der Waals surface area contributed by atoms with Crippen LogP contribution in [0.3, 0.4) is 0 Å². The highest BCUT2D eigenvalue weighted by Crippen LogP contribution is 2.59. The van der Waals surface area contributed by atoms with Crippen LogP contribution in [0.5, 0.6) is 5.75 Å². The first kappa shape index (κ1) is 15.9. The zero-order chi connectivity index (χ0) is 17.6. The van der Waals surface area contributed by atoms with Gasteiger partial charge in [0.15, 0.2) is 6.10 Å². The molecule has 2 fully saturated rings. The average molecular weight is 344 g/mol. The number of rotatable bonds is 3. The summed E-state index contributed by atoms with van der Waals surface area (Å²) < 4.78 is 5.67. The summed E-state index contributed by atoms with van der Waals surface area (Å²) in [4.78, 5) is 37.5. The summed E-state index contributed by atoms with van der Waals surface area (Å²) in [5, 5.41) is 11.9. The first-order chi connectivity index (χ1) is 12.0. The van der Waals surface area contributed by atoms with Gasteiger partial charge in [0.1, 0.15) is 5.75 Å². The predicted molar refractivity (Wildman–Crippen MR) is 88.1 cm³/mol. The van der Waals surface area contributed by atoms with Crippen LogP contribution in [-0.4, -0.2) is 47.0 Å². The Balaban J connectivity index is 1.34. The highest BCUT2D eigenvalue weighted by molar-refractivity contribution is 5.99. The van der Waals surface area contributed by atoms with Gasteiger partial charge in [-0.3, -0.25) is 14.4 Å². The van der Waals surface area contributed by atoms with E-state index < -0.39 is 12.1 Å². The second kappa shape index (κ2) is 5.75. The molecule has 1 saturated carbocycles. The maximum atomic E-state index is 12.5. The van der Waals surface area contributed by atoms with Crippen molar-refractivity contribution in [2.45, 2.75) is 31.8 Å². The summed E-state index contributed by atoms with van der Waals surface area (Å²) in [6, 6.07) is 7.13. The number of aliphatic carboxylic acids is 1. The maximum Gasteiger partial charge on any atom is 0.307 e. The van der Waals surface area contributed by atoms with Gasteiger partial charge in [0.05, 0.1) is 18.0 Å². The van der Waals surface area contributed by atoms with Crippen LogP contribution in [0.2, 0.25) is 0 Å². The average Bonchev–Trinajstić information content (AvgIpc) is 3.30. The molecule has 132 valence electrons. The molecule has 2 amide bonds. The number of carboxylic acid groups (broad SMARTS) is 1. The van der Waals surface area contributed by atoms with E-state index in [0.29, 0.717) is 24.5 Å². The number of para-hydroxylation sites is 2. The fraction of sp³-hybridized carbons (Fsp3) is 0.500. The number of ether oxygens (including phenoxy) is 1. The molecule has 2 atom stereocenters. The van der Waals surface area contributed by atoms with Crippen molar-refractivity contribution in [2.75, 3.05) is 18.4 Å². The quantitative estimate of drug-likeness (QED) is 0.866. The van der Waals surface area contributed by atoms with Gasteiger partial charge in [-0.15, -0.1) is 0 Å². The normalized spacial score (nSPS) is 26.4. The lowest BCUT2D eigenvalue weighted by Gasteiger charge is -2.34. The van der Waals surface area contributed by atoms with E-state index in [1.807, 2.05) is 6.07 Å². The van der Waals surface area contributed by atoms with E-state index in [4.69, 9.17) is 9.84 Å². The summed E-state index contributed by atoms with van der Waals surface area (Å²) in [5.41, 5.74) is 0.504. The van der Waals surface area contributed by atoms with Crippen LogP contribution in [0.15, 0.2) is 24.3 Å². The molecule has 7 nitrogen and oxygen atoms in total. The number of carbonyl (C=O) groups is 3. The molecular weight excluding hydrogens is 324 g/mol. The highest BCUT2D eigenvalue weighted by Gasteiger charge is 2.59. The number of amides is 2. The number of carbonyl (C=O) groups excluding carboxylic acids is 2. The Kier molecular flexibility index (Phi) is 3.67. The van der Waals surface area contributed by atoms with E-state index in [-0.39, 0.29) is 29.6 Å². The summed E-state index contributed by atoms with van der Waals surface area (Å²) in [6.07, 6.45) is 1.32. The van der Waals surface area contributed by atoms with Crippen molar-refractivity contribution in [1.82, 2.24) is 4.90 Å². The van der Waals surface area contributed by atoms with Crippen molar-refractivity contribution in [3.05, 3.63) is 24.3 Å². The third-order valence-corrected chi connectivity index (χ3v) is 5.67. The molecular formula is C18H20N2O5. The number of anilines is 1. The highest BCUT2D eigenvalue weighted by atomic mass is 16.5. The van der Waals surface area contributed by atoms with Gasteiger partial charge < -0.3 is 20.1 Å². The minimum Gasteiger partial charge on any atom is -0.481 e. The fourth-order valence-electron chi connectivity index (χ4n) is 3.97. The second-order valence-corrected chi connectivity index (χ2v) is 7.13. The topological polar surface area (TPSA) is 95.9 Å². The second-order valence-electron chi connectivity index (χ2n) is 7.13. The van der Waals surface area contributed by atoms with Crippen molar-refractivity contribution >= 4 is 23.5 Å². The van der Waals surface area contributed by atoms with Crippen LogP contribution in [0.25, 0.3) is 0 Å². The molecule has 1 aromatic rings. The lowest BCUT2D eigenvalue weighted by molar-refractivity contribution is -0.140. The van der Waals surface area contributed by atoms with Crippen molar-refractivity contribution in [3.63, 3.8) is 0 Å². The molecule has 2 heterocycles. The van der Waals surface area contributed by atoms with E-state index in [2.05, 4.69) is 5.32 Å². The zero-order valence-corrected chi connectivity index (χ0v) is 13.7. The van der Waals surface area contributed by atoms with Gasteiger partial charge in [-0.2, -0.15) is 0 Å². The number of nitrogens with one attached hydrogen (secondary N) is 1. The Morgan fingerprint density at radius 2 is 2.00 bits per heavy atom. The Bertz CT molecular complexity index is 739. The summed E-state index contributed by atoms with van der Waals surface area (Å²) in [6.45, 7) is 1.10. The van der Waals surface area contributed by atoms with Crippen LogP contribution in [-0.2, 0) is 14.4 Å². The number of likely N-dealkylation sites (tertiary alicyclic amines) is 1. The van der Waals surface area contributed by atoms with Gasteiger partial charge in [0.25, 0.3) is 5.91 Å². The standard InChI is InChI=1S/C18H20N2O5/c21-15(20-7-5-18(6-8-20)10-11(18)17(23)24)9-14-16(22)19-12-3-1-2-4-13(12)25-14/h1-4,11,14H,5-10H2,(H,19,22)(H,23,24). The number of piperidine rings is 1. The van der Waals surface area contributed by atoms with Crippen LogP contribution in [0.1, 0.15) is 25.7 Å². The van der Waals surface area contributed by atoms with Gasteiger partial charge in [-0.25, -0.2) is 0 Å². The third-order valence-electron chi connectivity index (χ3n) is 5.67. The number of fused-ring (bicyclic) bond motifs is 1. The SMILES string of the molecule is O=C1Nc2ccccc2OC1CC(=O)N1CCC2(CC1)CC2C(=O)O. The largest absolute Gasteiger partial charge is 0.481 e. The molecule has 25 heavy (non-hydrogen) atoms. The van der Waals surface area contributed by atoms with Gasteiger partial charge in [0, 0.05) is 13.1 Å². The lowest BCUT2D eigenvalue weighted by Crippen LogP contribution is -2.45. The van der Waals surface area contributed by atoms with Gasteiger partial charge in [-0.1, -0.05) is 12.1 Å². The van der Waals surface area contributed by atoms with E-state index in [0.717, 1.165) is 19.3 Å². The van der Waals surface area contributed by atoms with Crippen LogP contribution >= 0.6 is 0 Å². The predicted octanol–water partition coefficient (Wildman–Crippen LogP) is 1.49. The number of hydrogen-bond acceptors (Lipinski definition) is 4. The van der Waals surface area contributed by atoms with E-state index in [1.165, 1.54) is 0 Å². The molecule has 1 saturated heterocycles. The summed E-state index contributed by atoms with van der Waals surface area (Å²) in [5.74, 6) is -0.852. The Labute approximate surface area is 144 Å². The van der Waals surface area contributed by atoms with Crippen molar-refractivity contribution < 1.29 is 24.2 Å². The Hall–Kier alpha value is -2.57. The monoisotopic (exact) mass is 344 g/mol. The molecule has 0 radical (unpaired) electrons. The van der Waals surface area contributed by atoms with Crippen molar-refractivity contribution in [2.24, 2.45) is 11.3 Å². The van der Waals surface area contributed by atoms with Crippen LogP contribution in [0.4, 0.5) is 5.69 Å². The first-order valence-electron chi connectivity index (χ1n) is 8.56. The smallest absolute Gasteiger partial charge is 0.307 e. The minimum atomic E-state index is -0.828. The third kappa shape index (κ3) is 2.83. The molecule has 2 aliphatic heterocycles. The molecule has 1 aliphatic carbocycles. The summed E-state index contributed by atoms with van der Waals surface area (Å²) >= 11 is 0. The molecule has 3 aliphatic rings. The van der Waals surface area contributed by atoms with E-state index in [1.54, 1.807) is 23.1 Å². The minimum absolute atomic E-state index is 0.00444. The fourth-order valence-corrected chi connectivity index (χ4v) is 3.97. The molecule has 1 aromatic carbocycles. The molecule has 2 unspecified atom stereocenters. The van der Waals surface area contributed by atoms with Gasteiger partial charge in [0.2, 0.25) is 5.91 Å². The van der Waals surface area contributed by atoms with Crippen LogP contribution < -0.4 is 10.1 Å². The number of nitrogens with zero attached hydrogens (tertiary/aromatic N) is 1. The molecule has 7 heteroatoms. The molecule has 1 spiro atoms. The van der Waals surface area contributed by atoms with Crippen molar-refractivity contribution in [3.8, 4) is 5.75 Å². The van der Waals surface area contributed by atoms with Gasteiger partial charge in [-0.05, 0) is 36.8 Å². The molecule has 0 bridgehead atoms. The molecule has 2 N–H and O–H groups in total. The number of hydrogen-bond donors (Lipinski definition) is 2. The van der Waals surface area contributed by atoms with E-state index >= 15 is 0 Å². The maximum absolute atomic E-state index is 12.5. The number of benzene rings is 1. The Morgan fingerprint density at radius 1 is 1.28 bits per heavy atom. The molecule has 0 aromatic heterocycles. The van der Waals surface area contributed by atoms with E-state index in [9.17, 15) is 14.4 Å².